The number of hydrogen-bond donors (Lipinski definition) is 3. The molecular formula is C34H32FN3O3S. The number of carbonyl (C=O) groups excluding carboxylic acids is 3. The Morgan fingerprint density at radius 1 is 0.833 bits per heavy atom. The first-order chi connectivity index (χ1) is 20.2. The smallest absolute Gasteiger partial charge is 0.272 e. The van der Waals surface area contributed by atoms with Gasteiger partial charge in [-0.2, -0.15) is 0 Å². The van der Waals surface area contributed by atoms with Crippen LogP contribution in [-0.4, -0.2) is 23.0 Å². The van der Waals surface area contributed by atoms with Crippen LogP contribution in [0.5, 0.6) is 0 Å². The van der Waals surface area contributed by atoms with E-state index in [1.54, 1.807) is 48.5 Å². The van der Waals surface area contributed by atoms with Crippen molar-refractivity contribution in [2.45, 2.75) is 37.3 Å². The molecule has 0 saturated carbocycles. The lowest BCUT2D eigenvalue weighted by molar-refractivity contribution is -0.116. The van der Waals surface area contributed by atoms with Gasteiger partial charge in [0, 0.05) is 21.8 Å². The van der Waals surface area contributed by atoms with Crippen LogP contribution in [-0.2, 0) is 9.59 Å². The summed E-state index contributed by atoms with van der Waals surface area (Å²) in [6.45, 7) is 5.88. The molecule has 4 aromatic carbocycles. The van der Waals surface area contributed by atoms with E-state index in [1.807, 2.05) is 45.0 Å². The van der Waals surface area contributed by atoms with Crippen molar-refractivity contribution in [1.82, 2.24) is 5.32 Å². The van der Waals surface area contributed by atoms with Gasteiger partial charge in [-0.3, -0.25) is 14.4 Å². The molecule has 3 N–H and O–H groups in total. The topological polar surface area (TPSA) is 87.3 Å². The first-order valence-corrected chi connectivity index (χ1v) is 14.4. The summed E-state index contributed by atoms with van der Waals surface area (Å²) >= 11 is 1.41. The number of thioether (sulfide) groups is 1. The van der Waals surface area contributed by atoms with E-state index in [-0.39, 0.29) is 16.9 Å². The van der Waals surface area contributed by atoms with Gasteiger partial charge in [0.15, 0.2) is 0 Å². The maximum Gasteiger partial charge on any atom is 0.272 e. The summed E-state index contributed by atoms with van der Waals surface area (Å²) in [6, 6.07) is 27.2. The van der Waals surface area contributed by atoms with Gasteiger partial charge >= 0.3 is 0 Å². The van der Waals surface area contributed by atoms with Gasteiger partial charge < -0.3 is 16.0 Å². The molecule has 0 saturated heterocycles. The number of carbonyl (C=O) groups is 3. The van der Waals surface area contributed by atoms with Crippen molar-refractivity contribution < 1.29 is 18.8 Å². The molecular weight excluding hydrogens is 549 g/mol. The Balaban J connectivity index is 1.51. The number of anilines is 2. The Morgan fingerprint density at radius 3 is 2.17 bits per heavy atom. The number of amides is 3. The normalized spacial score (nSPS) is 11.9. The molecule has 8 heteroatoms. The highest BCUT2D eigenvalue weighted by molar-refractivity contribution is 8.00. The first kappa shape index (κ1) is 30.3. The minimum atomic E-state index is -0.550. The number of halogens is 1. The van der Waals surface area contributed by atoms with Gasteiger partial charge in [-0.1, -0.05) is 61.5 Å². The number of aryl methyl sites for hydroxylation is 2. The summed E-state index contributed by atoms with van der Waals surface area (Å²) in [7, 11) is 0. The van der Waals surface area contributed by atoms with Gasteiger partial charge in [0.05, 0.1) is 5.25 Å². The third kappa shape index (κ3) is 8.17. The quantitative estimate of drug-likeness (QED) is 0.135. The molecule has 0 aliphatic rings. The van der Waals surface area contributed by atoms with Crippen molar-refractivity contribution >= 4 is 46.9 Å². The minimum Gasteiger partial charge on any atom is -0.325 e. The standard InChI is InChI=1S/C34H32FN3O3S/c1-4-30(34(41)38-31-22(2)10-8-11-23(31)3)42-28-15-9-14-27(21-28)36-33(40)29(20-24-16-18-26(35)19-17-24)37-32(39)25-12-6-5-7-13-25/h5-21,30H,4H2,1-3H3,(H,36,40)(H,37,39)(H,38,41)/b29-20+. The molecule has 214 valence electrons. The van der Waals surface area contributed by atoms with Crippen molar-refractivity contribution in [3.05, 3.63) is 131 Å². The van der Waals surface area contributed by atoms with Crippen LogP contribution in [0.3, 0.4) is 0 Å². The van der Waals surface area contributed by atoms with Crippen LogP contribution in [0, 0.1) is 19.7 Å². The maximum atomic E-state index is 13.5. The molecule has 0 aromatic heterocycles. The predicted octanol–water partition coefficient (Wildman–Crippen LogP) is 7.36. The minimum absolute atomic E-state index is 0.00655. The molecule has 0 aliphatic carbocycles. The van der Waals surface area contributed by atoms with Gasteiger partial charge in [0.2, 0.25) is 5.91 Å². The van der Waals surface area contributed by atoms with E-state index >= 15 is 0 Å². The van der Waals surface area contributed by atoms with Crippen LogP contribution >= 0.6 is 11.8 Å². The molecule has 0 radical (unpaired) electrons. The molecule has 42 heavy (non-hydrogen) atoms. The summed E-state index contributed by atoms with van der Waals surface area (Å²) in [5.41, 5.74) is 4.23. The highest BCUT2D eigenvalue weighted by atomic mass is 32.2. The summed E-state index contributed by atoms with van der Waals surface area (Å²) in [6.07, 6.45) is 2.09. The van der Waals surface area contributed by atoms with E-state index in [2.05, 4.69) is 16.0 Å². The molecule has 4 aromatic rings. The zero-order valence-electron chi connectivity index (χ0n) is 23.6. The van der Waals surface area contributed by atoms with E-state index in [0.717, 1.165) is 21.7 Å². The van der Waals surface area contributed by atoms with Crippen molar-refractivity contribution in [3.63, 3.8) is 0 Å². The van der Waals surface area contributed by atoms with Crippen molar-refractivity contribution in [1.29, 1.82) is 0 Å². The number of para-hydroxylation sites is 1. The molecule has 0 heterocycles. The Bertz CT molecular complexity index is 1580. The van der Waals surface area contributed by atoms with Gasteiger partial charge in [-0.15, -0.1) is 11.8 Å². The summed E-state index contributed by atoms with van der Waals surface area (Å²) in [5, 5.41) is 8.23. The lowest BCUT2D eigenvalue weighted by atomic mass is 10.1. The molecule has 0 bridgehead atoms. The lowest BCUT2D eigenvalue weighted by Crippen LogP contribution is -2.30. The zero-order valence-corrected chi connectivity index (χ0v) is 24.4. The van der Waals surface area contributed by atoms with Crippen LogP contribution in [0.2, 0.25) is 0 Å². The summed E-state index contributed by atoms with van der Waals surface area (Å²) in [5.74, 6) is -1.51. The zero-order chi connectivity index (χ0) is 30.1. The highest BCUT2D eigenvalue weighted by Gasteiger charge is 2.20. The SMILES string of the molecule is CCC(Sc1cccc(NC(=O)/C(=C\c2ccc(F)cc2)NC(=O)c2ccccc2)c1)C(=O)Nc1c(C)cccc1C. The Labute approximate surface area is 249 Å². The van der Waals surface area contributed by atoms with Crippen LogP contribution in [0.25, 0.3) is 6.08 Å². The largest absolute Gasteiger partial charge is 0.325 e. The third-order valence-corrected chi connectivity index (χ3v) is 7.83. The number of hydrogen-bond acceptors (Lipinski definition) is 4. The number of rotatable bonds is 10. The van der Waals surface area contributed by atoms with Crippen LogP contribution < -0.4 is 16.0 Å². The molecule has 6 nitrogen and oxygen atoms in total. The second-order valence-electron chi connectivity index (χ2n) is 9.68. The highest BCUT2D eigenvalue weighted by Crippen LogP contribution is 2.30. The Kier molecular flexibility index (Phi) is 10.3. The summed E-state index contributed by atoms with van der Waals surface area (Å²) in [4.78, 5) is 40.2. The monoisotopic (exact) mass is 581 g/mol. The lowest BCUT2D eigenvalue weighted by Gasteiger charge is -2.18. The van der Waals surface area contributed by atoms with Crippen LogP contribution in [0.1, 0.15) is 40.4 Å². The molecule has 4 rings (SSSR count). The second kappa shape index (κ2) is 14.3. The fraction of sp³-hybridized carbons (Fsp3) is 0.147. The van der Waals surface area contributed by atoms with Crippen molar-refractivity contribution in [2.24, 2.45) is 0 Å². The van der Waals surface area contributed by atoms with E-state index in [0.29, 0.717) is 23.2 Å². The van der Waals surface area contributed by atoms with Gasteiger partial charge in [-0.05, 0) is 85.5 Å². The maximum absolute atomic E-state index is 13.5. The Hall–Kier alpha value is -4.69. The second-order valence-corrected chi connectivity index (χ2v) is 11.0. The fourth-order valence-electron chi connectivity index (χ4n) is 4.22. The molecule has 1 unspecified atom stereocenters. The van der Waals surface area contributed by atoms with Crippen molar-refractivity contribution in [3.8, 4) is 0 Å². The van der Waals surface area contributed by atoms with Crippen LogP contribution in [0.15, 0.2) is 108 Å². The molecule has 3 amide bonds. The van der Waals surface area contributed by atoms with Gasteiger partial charge in [0.1, 0.15) is 11.5 Å². The summed E-state index contributed by atoms with van der Waals surface area (Å²) < 4.78 is 13.5. The van der Waals surface area contributed by atoms with Crippen LogP contribution in [0.4, 0.5) is 15.8 Å². The predicted molar refractivity (Wildman–Crippen MR) is 168 cm³/mol. The number of benzene rings is 4. The van der Waals surface area contributed by atoms with E-state index < -0.39 is 17.6 Å². The molecule has 1 atom stereocenters. The Morgan fingerprint density at radius 2 is 1.50 bits per heavy atom. The van der Waals surface area contributed by atoms with Gasteiger partial charge in [0.25, 0.3) is 11.8 Å². The first-order valence-electron chi connectivity index (χ1n) is 13.5. The molecule has 0 aliphatic heterocycles. The molecule has 0 spiro atoms. The average molecular weight is 582 g/mol. The van der Waals surface area contributed by atoms with E-state index in [9.17, 15) is 18.8 Å². The molecule has 0 fully saturated rings. The fourth-order valence-corrected chi connectivity index (χ4v) is 5.23. The number of nitrogens with one attached hydrogen (secondary N) is 3. The van der Waals surface area contributed by atoms with E-state index in [4.69, 9.17) is 0 Å². The third-order valence-electron chi connectivity index (χ3n) is 6.47. The van der Waals surface area contributed by atoms with E-state index in [1.165, 1.54) is 42.1 Å². The van der Waals surface area contributed by atoms with Gasteiger partial charge in [-0.25, -0.2) is 4.39 Å². The van der Waals surface area contributed by atoms with Crippen molar-refractivity contribution in [2.75, 3.05) is 10.6 Å². The average Bonchev–Trinajstić information content (AvgIpc) is 2.99.